The lowest BCUT2D eigenvalue weighted by molar-refractivity contribution is 0.475. The molecule has 0 aromatic heterocycles. The molecule has 34 heavy (non-hydrogen) atoms. The van der Waals surface area contributed by atoms with Gasteiger partial charge in [-0.2, -0.15) is 0 Å². The van der Waals surface area contributed by atoms with E-state index < -0.39 is 0 Å². The average molecular weight is 443 g/mol. The molecular formula is C30H22N2O2. The van der Waals surface area contributed by atoms with Crippen molar-refractivity contribution in [1.82, 2.24) is 0 Å². The summed E-state index contributed by atoms with van der Waals surface area (Å²) in [5, 5.41) is 2.33. The first-order valence-corrected chi connectivity index (χ1v) is 11.4. The van der Waals surface area contributed by atoms with Crippen LogP contribution in [0.4, 0.5) is 22.7 Å². The fraction of sp³-hybridized carbons (Fsp3) is 0.0667. The summed E-state index contributed by atoms with van der Waals surface area (Å²) in [4.78, 5) is 4.39. The van der Waals surface area contributed by atoms with Crippen LogP contribution in [0.25, 0.3) is 21.9 Å². The predicted octanol–water partition coefficient (Wildman–Crippen LogP) is 8.25. The highest BCUT2D eigenvalue weighted by atomic mass is 16.5. The van der Waals surface area contributed by atoms with Crippen LogP contribution in [0.3, 0.4) is 0 Å². The van der Waals surface area contributed by atoms with Gasteiger partial charge in [-0.05, 0) is 76.5 Å². The van der Waals surface area contributed by atoms with E-state index in [1.807, 2.05) is 36.4 Å². The summed E-state index contributed by atoms with van der Waals surface area (Å²) in [5.41, 5.74) is 6.60. The van der Waals surface area contributed by atoms with Crippen molar-refractivity contribution < 1.29 is 9.47 Å². The van der Waals surface area contributed by atoms with E-state index in [1.165, 1.54) is 10.9 Å². The van der Waals surface area contributed by atoms with E-state index in [1.54, 1.807) is 0 Å². The highest BCUT2D eigenvalue weighted by Gasteiger charge is 2.23. The van der Waals surface area contributed by atoms with Gasteiger partial charge in [-0.1, -0.05) is 42.5 Å². The third-order valence-electron chi connectivity index (χ3n) is 6.83. The number of rotatable bonds is 1. The van der Waals surface area contributed by atoms with E-state index in [0.717, 1.165) is 56.7 Å². The Bertz CT molecular complexity index is 1610. The highest BCUT2D eigenvalue weighted by Crippen LogP contribution is 2.49. The number of anilines is 4. The summed E-state index contributed by atoms with van der Waals surface area (Å²) in [7, 11) is 4.18. The first-order chi connectivity index (χ1) is 16.7. The molecule has 0 radical (unpaired) electrons. The zero-order valence-electron chi connectivity index (χ0n) is 18.9. The molecule has 2 heterocycles. The second kappa shape index (κ2) is 7.03. The summed E-state index contributed by atoms with van der Waals surface area (Å²) in [6.07, 6.45) is 0. The maximum absolute atomic E-state index is 6.21. The van der Waals surface area contributed by atoms with E-state index in [2.05, 4.69) is 84.6 Å². The molecule has 5 aromatic rings. The Morgan fingerprint density at radius 3 is 1.74 bits per heavy atom. The summed E-state index contributed by atoms with van der Waals surface area (Å²) in [6, 6.07) is 33.6. The molecule has 0 saturated carbocycles. The third-order valence-corrected chi connectivity index (χ3v) is 6.83. The quantitative estimate of drug-likeness (QED) is 0.261. The molecule has 2 aliphatic rings. The molecule has 4 nitrogen and oxygen atoms in total. The molecular weight excluding hydrogens is 420 g/mol. The molecule has 5 aromatic carbocycles. The molecule has 0 fully saturated rings. The van der Waals surface area contributed by atoms with Crippen LogP contribution < -0.4 is 19.3 Å². The second-order valence-corrected chi connectivity index (χ2v) is 8.82. The van der Waals surface area contributed by atoms with Gasteiger partial charge in [0.1, 0.15) is 0 Å². The summed E-state index contributed by atoms with van der Waals surface area (Å²) in [6.45, 7) is 0. The zero-order chi connectivity index (χ0) is 22.8. The standard InChI is InChI=1S/C30H22N2O2/c1-31-23-7-3-5-9-27(23)33-29-14-13-20(16-25(29)31)19-11-12-21-18-30-26(17-22(21)15-19)32(2)24-8-4-6-10-28(24)34-30/h3-18H,1-2H3. The van der Waals surface area contributed by atoms with Crippen molar-refractivity contribution in [1.29, 1.82) is 0 Å². The normalized spacial score (nSPS) is 13.4. The van der Waals surface area contributed by atoms with Gasteiger partial charge in [0.2, 0.25) is 0 Å². The van der Waals surface area contributed by atoms with Gasteiger partial charge in [0.15, 0.2) is 23.0 Å². The van der Waals surface area contributed by atoms with Gasteiger partial charge in [-0.3, -0.25) is 0 Å². The van der Waals surface area contributed by atoms with E-state index in [4.69, 9.17) is 9.47 Å². The fourth-order valence-corrected chi connectivity index (χ4v) is 4.97. The highest BCUT2D eigenvalue weighted by molar-refractivity contribution is 5.95. The molecule has 0 unspecified atom stereocenters. The Hall–Kier alpha value is -4.44. The molecule has 0 spiro atoms. The number of benzene rings is 5. The number of ether oxygens (including phenoxy) is 2. The minimum atomic E-state index is 0.872. The lowest BCUT2D eigenvalue weighted by atomic mass is 9.99. The van der Waals surface area contributed by atoms with Crippen LogP contribution in [0.5, 0.6) is 23.0 Å². The van der Waals surface area contributed by atoms with E-state index >= 15 is 0 Å². The van der Waals surface area contributed by atoms with Crippen LogP contribution >= 0.6 is 0 Å². The molecule has 0 saturated heterocycles. The number of fused-ring (bicyclic) bond motifs is 5. The molecule has 7 rings (SSSR count). The minimum absolute atomic E-state index is 0.872. The van der Waals surface area contributed by atoms with Crippen LogP contribution in [0.15, 0.2) is 97.1 Å². The van der Waals surface area contributed by atoms with Crippen LogP contribution in [-0.4, -0.2) is 14.1 Å². The number of para-hydroxylation sites is 4. The third kappa shape index (κ3) is 2.78. The first kappa shape index (κ1) is 19.1. The summed E-state index contributed by atoms with van der Waals surface area (Å²) in [5.74, 6) is 3.52. The van der Waals surface area contributed by atoms with Gasteiger partial charge in [-0.15, -0.1) is 0 Å². The Morgan fingerprint density at radius 1 is 0.441 bits per heavy atom. The summed E-state index contributed by atoms with van der Waals surface area (Å²) < 4.78 is 12.4. The molecule has 0 N–H and O–H groups in total. The molecule has 2 aliphatic heterocycles. The van der Waals surface area contributed by atoms with E-state index in [-0.39, 0.29) is 0 Å². The maximum atomic E-state index is 6.21. The van der Waals surface area contributed by atoms with Crippen molar-refractivity contribution in [3.05, 3.63) is 97.1 Å². The van der Waals surface area contributed by atoms with Crippen LogP contribution in [0.2, 0.25) is 0 Å². The van der Waals surface area contributed by atoms with Crippen molar-refractivity contribution in [3.63, 3.8) is 0 Å². The topological polar surface area (TPSA) is 24.9 Å². The number of hydrogen-bond donors (Lipinski definition) is 0. The molecule has 0 aliphatic carbocycles. The largest absolute Gasteiger partial charge is 0.453 e. The van der Waals surface area contributed by atoms with Gasteiger partial charge >= 0.3 is 0 Å². The Labute approximate surface area is 198 Å². The van der Waals surface area contributed by atoms with Crippen molar-refractivity contribution >= 4 is 33.5 Å². The van der Waals surface area contributed by atoms with Gasteiger partial charge in [0.25, 0.3) is 0 Å². The monoisotopic (exact) mass is 442 g/mol. The lowest BCUT2D eigenvalue weighted by Gasteiger charge is -2.30. The smallest absolute Gasteiger partial charge is 0.151 e. The Balaban J connectivity index is 1.30. The van der Waals surface area contributed by atoms with Crippen LogP contribution in [0.1, 0.15) is 0 Å². The molecule has 0 amide bonds. The van der Waals surface area contributed by atoms with Gasteiger partial charge < -0.3 is 19.3 Å². The maximum Gasteiger partial charge on any atom is 0.151 e. The Kier molecular flexibility index (Phi) is 3.94. The van der Waals surface area contributed by atoms with E-state index in [9.17, 15) is 0 Å². The van der Waals surface area contributed by atoms with Crippen molar-refractivity contribution in [2.24, 2.45) is 0 Å². The number of hydrogen-bond acceptors (Lipinski definition) is 4. The van der Waals surface area contributed by atoms with Gasteiger partial charge in [-0.25, -0.2) is 0 Å². The molecule has 4 heteroatoms. The number of nitrogens with zero attached hydrogens (tertiary/aromatic N) is 2. The molecule has 0 bridgehead atoms. The van der Waals surface area contributed by atoms with Gasteiger partial charge in [0, 0.05) is 14.1 Å². The van der Waals surface area contributed by atoms with Crippen LogP contribution in [0, 0.1) is 0 Å². The first-order valence-electron chi connectivity index (χ1n) is 11.4. The zero-order valence-corrected chi connectivity index (χ0v) is 18.9. The second-order valence-electron chi connectivity index (χ2n) is 8.82. The average Bonchev–Trinajstić information content (AvgIpc) is 2.88. The predicted molar refractivity (Wildman–Crippen MR) is 139 cm³/mol. The minimum Gasteiger partial charge on any atom is -0.453 e. The molecule has 0 atom stereocenters. The van der Waals surface area contributed by atoms with E-state index in [0.29, 0.717) is 0 Å². The van der Waals surface area contributed by atoms with Crippen LogP contribution in [-0.2, 0) is 0 Å². The Morgan fingerprint density at radius 2 is 1.00 bits per heavy atom. The van der Waals surface area contributed by atoms with Crippen molar-refractivity contribution in [2.45, 2.75) is 0 Å². The fourth-order valence-electron chi connectivity index (χ4n) is 4.97. The SMILES string of the molecule is CN1c2ccccc2Oc2ccc(-c3ccc4cc5c(cc4c3)N(C)c3ccccc3O5)cc21. The summed E-state index contributed by atoms with van der Waals surface area (Å²) >= 11 is 0. The van der Waals surface area contributed by atoms with Crippen molar-refractivity contribution in [2.75, 3.05) is 23.9 Å². The molecule has 164 valence electrons. The van der Waals surface area contributed by atoms with Gasteiger partial charge in [0.05, 0.1) is 22.7 Å². The lowest BCUT2D eigenvalue weighted by Crippen LogP contribution is -2.15. The van der Waals surface area contributed by atoms with Crippen molar-refractivity contribution in [3.8, 4) is 34.1 Å².